The SMILES string of the molecule is COC(=O)[C@H]1CN(C(=O)CSc2ncn[nH]2)CCS1. The molecular formula is C10H14N4O3S2. The number of nitrogens with one attached hydrogen (secondary N) is 1. The lowest BCUT2D eigenvalue weighted by Gasteiger charge is -2.30. The minimum absolute atomic E-state index is 0.00407. The van der Waals surface area contributed by atoms with Crippen molar-refractivity contribution in [3.8, 4) is 0 Å². The molecule has 1 aromatic rings. The van der Waals surface area contributed by atoms with Crippen molar-refractivity contribution in [1.29, 1.82) is 0 Å². The fourth-order valence-corrected chi connectivity index (χ4v) is 3.44. The van der Waals surface area contributed by atoms with Crippen molar-refractivity contribution in [2.75, 3.05) is 31.7 Å². The second kappa shape index (κ2) is 6.80. The highest BCUT2D eigenvalue weighted by Gasteiger charge is 2.29. The fourth-order valence-electron chi connectivity index (χ4n) is 1.64. The Morgan fingerprint density at radius 1 is 1.68 bits per heavy atom. The average molecular weight is 302 g/mol. The number of nitrogens with zero attached hydrogens (tertiary/aromatic N) is 3. The van der Waals surface area contributed by atoms with Gasteiger partial charge in [-0.25, -0.2) is 4.98 Å². The van der Waals surface area contributed by atoms with Gasteiger partial charge in [0, 0.05) is 18.8 Å². The number of carbonyl (C=O) groups excluding carboxylic acids is 2. The Labute approximate surface area is 118 Å². The van der Waals surface area contributed by atoms with Crippen molar-refractivity contribution in [1.82, 2.24) is 20.1 Å². The topological polar surface area (TPSA) is 88.2 Å². The van der Waals surface area contributed by atoms with Crippen LogP contribution in [0.15, 0.2) is 11.5 Å². The zero-order chi connectivity index (χ0) is 13.7. The standard InChI is InChI=1S/C10H14N4O3S2/c1-17-9(16)7-4-14(2-3-18-7)8(15)5-19-10-11-6-12-13-10/h6-7H,2-5H2,1H3,(H,11,12,13)/t7-/m1/s1. The van der Waals surface area contributed by atoms with Gasteiger partial charge in [0.2, 0.25) is 5.91 Å². The lowest BCUT2D eigenvalue weighted by atomic mass is 10.3. The Balaban J connectivity index is 1.83. The number of H-pyrrole nitrogens is 1. The number of hydrogen-bond donors (Lipinski definition) is 1. The second-order valence-electron chi connectivity index (χ2n) is 3.80. The molecule has 0 aliphatic carbocycles. The molecule has 1 atom stereocenters. The van der Waals surface area contributed by atoms with Crippen molar-refractivity contribution in [3.05, 3.63) is 6.33 Å². The predicted octanol–water partition coefficient (Wildman–Crippen LogP) is 0.0138. The van der Waals surface area contributed by atoms with Crippen molar-refractivity contribution < 1.29 is 14.3 Å². The molecule has 0 radical (unpaired) electrons. The van der Waals surface area contributed by atoms with Gasteiger partial charge in [-0.05, 0) is 0 Å². The molecular weight excluding hydrogens is 288 g/mol. The number of rotatable bonds is 4. The Bertz CT molecular complexity index is 440. The average Bonchev–Trinajstić information content (AvgIpc) is 2.97. The number of thioether (sulfide) groups is 2. The molecule has 0 aromatic carbocycles. The number of methoxy groups -OCH3 is 1. The van der Waals surface area contributed by atoms with Crippen LogP contribution < -0.4 is 0 Å². The van der Waals surface area contributed by atoms with Crippen LogP contribution in [-0.2, 0) is 14.3 Å². The van der Waals surface area contributed by atoms with Crippen LogP contribution in [0, 0.1) is 0 Å². The Hall–Kier alpha value is -1.22. The van der Waals surface area contributed by atoms with Gasteiger partial charge >= 0.3 is 5.97 Å². The first-order valence-corrected chi connectivity index (χ1v) is 7.69. The molecule has 104 valence electrons. The molecule has 1 aliphatic rings. The molecule has 1 saturated heterocycles. The molecule has 1 aliphatic heterocycles. The monoisotopic (exact) mass is 302 g/mol. The molecule has 0 bridgehead atoms. The number of aromatic amines is 1. The van der Waals surface area contributed by atoms with Crippen molar-refractivity contribution >= 4 is 35.4 Å². The number of carbonyl (C=O) groups is 2. The first-order valence-electron chi connectivity index (χ1n) is 5.66. The summed E-state index contributed by atoms with van der Waals surface area (Å²) in [6.07, 6.45) is 1.40. The van der Waals surface area contributed by atoms with Gasteiger partial charge < -0.3 is 9.64 Å². The quantitative estimate of drug-likeness (QED) is 0.619. The van der Waals surface area contributed by atoms with E-state index in [1.807, 2.05) is 0 Å². The third kappa shape index (κ3) is 3.87. The smallest absolute Gasteiger partial charge is 0.320 e. The molecule has 1 aromatic heterocycles. The summed E-state index contributed by atoms with van der Waals surface area (Å²) in [5.41, 5.74) is 0. The minimum atomic E-state index is -0.280. The van der Waals surface area contributed by atoms with Crippen LogP contribution in [0.1, 0.15) is 0 Å². The molecule has 2 heterocycles. The van der Waals surface area contributed by atoms with Crippen molar-refractivity contribution in [2.45, 2.75) is 10.4 Å². The molecule has 9 heteroatoms. The second-order valence-corrected chi connectivity index (χ2v) is 6.08. The fraction of sp³-hybridized carbons (Fsp3) is 0.600. The maximum atomic E-state index is 12.0. The summed E-state index contributed by atoms with van der Waals surface area (Å²) in [6, 6.07) is 0. The number of aromatic nitrogens is 3. The van der Waals surface area contributed by atoms with E-state index >= 15 is 0 Å². The predicted molar refractivity (Wildman–Crippen MR) is 71.9 cm³/mol. The molecule has 1 amide bonds. The van der Waals surface area contributed by atoms with Gasteiger partial charge in [0.1, 0.15) is 11.6 Å². The Morgan fingerprint density at radius 3 is 3.21 bits per heavy atom. The molecule has 0 unspecified atom stereocenters. The number of hydrogen-bond acceptors (Lipinski definition) is 7. The number of esters is 1. The van der Waals surface area contributed by atoms with Crippen molar-refractivity contribution in [3.63, 3.8) is 0 Å². The van der Waals surface area contributed by atoms with Crippen LogP contribution in [0.2, 0.25) is 0 Å². The normalized spacial score (nSPS) is 19.2. The van der Waals surface area contributed by atoms with E-state index < -0.39 is 0 Å². The highest BCUT2D eigenvalue weighted by atomic mass is 32.2. The maximum Gasteiger partial charge on any atom is 0.320 e. The minimum Gasteiger partial charge on any atom is -0.468 e. The summed E-state index contributed by atoms with van der Waals surface area (Å²) in [5.74, 6) is 0.757. The van der Waals surface area contributed by atoms with Gasteiger partial charge in [-0.1, -0.05) is 11.8 Å². The zero-order valence-electron chi connectivity index (χ0n) is 10.4. The van der Waals surface area contributed by atoms with Crippen LogP contribution >= 0.6 is 23.5 Å². The third-order valence-corrected chi connectivity index (χ3v) is 4.63. The van der Waals surface area contributed by atoms with Crippen LogP contribution in [0.25, 0.3) is 0 Å². The third-order valence-electron chi connectivity index (χ3n) is 2.61. The van der Waals surface area contributed by atoms with Gasteiger partial charge in [0.25, 0.3) is 0 Å². The van der Waals surface area contributed by atoms with E-state index in [-0.39, 0.29) is 22.9 Å². The molecule has 1 N–H and O–H groups in total. The first-order chi connectivity index (χ1) is 9.20. The van der Waals surface area contributed by atoms with Crippen LogP contribution in [0.4, 0.5) is 0 Å². The van der Waals surface area contributed by atoms with Crippen LogP contribution in [0.5, 0.6) is 0 Å². The van der Waals surface area contributed by atoms with E-state index in [0.717, 1.165) is 5.75 Å². The van der Waals surface area contributed by atoms with Gasteiger partial charge in [-0.15, -0.1) is 11.8 Å². The van der Waals surface area contributed by atoms with E-state index in [4.69, 9.17) is 4.74 Å². The lowest BCUT2D eigenvalue weighted by molar-refractivity contribution is -0.141. The highest BCUT2D eigenvalue weighted by Crippen LogP contribution is 2.21. The summed E-state index contributed by atoms with van der Waals surface area (Å²) < 4.78 is 4.71. The summed E-state index contributed by atoms with van der Waals surface area (Å²) in [5, 5.41) is 6.73. The van der Waals surface area contributed by atoms with Gasteiger partial charge in [-0.3, -0.25) is 14.7 Å². The van der Waals surface area contributed by atoms with E-state index in [0.29, 0.717) is 18.2 Å². The van der Waals surface area contributed by atoms with Gasteiger partial charge in [0.05, 0.1) is 12.9 Å². The van der Waals surface area contributed by atoms with Crippen LogP contribution in [-0.4, -0.2) is 68.9 Å². The van der Waals surface area contributed by atoms with Crippen molar-refractivity contribution in [2.24, 2.45) is 0 Å². The van der Waals surface area contributed by atoms with E-state index in [1.165, 1.54) is 37.0 Å². The summed E-state index contributed by atoms with van der Waals surface area (Å²) in [7, 11) is 1.36. The summed E-state index contributed by atoms with van der Waals surface area (Å²) in [6.45, 7) is 1.07. The Morgan fingerprint density at radius 2 is 2.53 bits per heavy atom. The molecule has 2 rings (SSSR count). The largest absolute Gasteiger partial charge is 0.468 e. The summed E-state index contributed by atoms with van der Waals surface area (Å²) in [4.78, 5) is 29.1. The zero-order valence-corrected chi connectivity index (χ0v) is 12.0. The van der Waals surface area contributed by atoms with Crippen LogP contribution in [0.3, 0.4) is 0 Å². The summed E-state index contributed by atoms with van der Waals surface area (Å²) >= 11 is 2.83. The van der Waals surface area contributed by atoms with Gasteiger partial charge in [-0.2, -0.15) is 5.10 Å². The number of ether oxygens (including phenoxy) is 1. The maximum absolute atomic E-state index is 12.0. The molecule has 19 heavy (non-hydrogen) atoms. The first kappa shape index (κ1) is 14.2. The number of amides is 1. The van der Waals surface area contributed by atoms with E-state index in [9.17, 15) is 9.59 Å². The highest BCUT2D eigenvalue weighted by molar-refractivity contribution is 8.00. The van der Waals surface area contributed by atoms with E-state index in [1.54, 1.807) is 4.90 Å². The molecule has 0 saturated carbocycles. The molecule has 7 nitrogen and oxygen atoms in total. The molecule has 0 spiro atoms. The molecule has 1 fully saturated rings. The Kier molecular flexibility index (Phi) is 5.08. The van der Waals surface area contributed by atoms with Gasteiger partial charge in [0.15, 0.2) is 5.16 Å². The lowest BCUT2D eigenvalue weighted by Crippen LogP contribution is -2.45. The van der Waals surface area contributed by atoms with E-state index in [2.05, 4.69) is 15.2 Å².